The van der Waals surface area contributed by atoms with Crippen LogP contribution in [-0.4, -0.2) is 16.8 Å². The first-order chi connectivity index (χ1) is 12.0. The zero-order valence-corrected chi connectivity index (χ0v) is 14.3. The second-order valence-corrected chi connectivity index (χ2v) is 5.90. The largest absolute Gasteiger partial charge is 0.402 e. The minimum Gasteiger partial charge on any atom is -0.402 e. The molecule has 25 heavy (non-hydrogen) atoms. The number of nitro benzene ring substituents is 1. The van der Waals surface area contributed by atoms with Gasteiger partial charge in [0.1, 0.15) is 0 Å². The van der Waals surface area contributed by atoms with E-state index in [1.54, 1.807) is 30.4 Å². The quantitative estimate of drug-likeness (QED) is 0.333. The van der Waals surface area contributed by atoms with E-state index in [9.17, 15) is 14.9 Å². The maximum atomic E-state index is 11.9. The van der Waals surface area contributed by atoms with E-state index in [1.807, 2.05) is 18.2 Å². The van der Waals surface area contributed by atoms with Crippen LogP contribution in [0.25, 0.3) is 6.08 Å². The number of hydrogen-bond acceptors (Lipinski definition) is 5. The fraction of sp³-hybridized carbons (Fsp3) is 0. The minimum absolute atomic E-state index is 0.0255. The zero-order chi connectivity index (χ0) is 17.8. The molecule has 2 aromatic rings. The summed E-state index contributed by atoms with van der Waals surface area (Å²) in [6.07, 6.45) is 4.90. The van der Waals surface area contributed by atoms with Crippen molar-refractivity contribution in [2.45, 2.75) is 0 Å². The van der Waals surface area contributed by atoms with Crippen molar-refractivity contribution in [2.24, 2.45) is 4.99 Å². The third-order valence-electron chi connectivity index (χ3n) is 3.37. The first-order valence-corrected chi connectivity index (χ1v) is 8.02. The van der Waals surface area contributed by atoms with Gasteiger partial charge in [-0.05, 0) is 51.8 Å². The van der Waals surface area contributed by atoms with E-state index in [4.69, 9.17) is 4.74 Å². The summed E-state index contributed by atoms with van der Waals surface area (Å²) in [5.41, 5.74) is 1.67. The summed E-state index contributed by atoms with van der Waals surface area (Å²) in [4.78, 5) is 26.3. The lowest BCUT2D eigenvalue weighted by molar-refractivity contribution is -0.384. The van der Waals surface area contributed by atoms with E-state index in [1.165, 1.54) is 18.2 Å². The lowest BCUT2D eigenvalue weighted by Gasteiger charge is -2.01. The number of cyclic esters (lactones) is 1. The second kappa shape index (κ2) is 7.23. The smallest absolute Gasteiger partial charge is 0.363 e. The lowest BCUT2D eigenvalue weighted by atomic mass is 10.2. The summed E-state index contributed by atoms with van der Waals surface area (Å²) < 4.78 is 5.97. The number of rotatable bonds is 4. The molecule has 1 aliphatic heterocycles. The van der Waals surface area contributed by atoms with Crippen molar-refractivity contribution in [2.75, 3.05) is 0 Å². The topological polar surface area (TPSA) is 81.8 Å². The molecule has 0 N–H and O–H groups in total. The average Bonchev–Trinajstić information content (AvgIpc) is 2.96. The lowest BCUT2D eigenvalue weighted by Crippen LogP contribution is -2.05. The Morgan fingerprint density at radius 1 is 1.12 bits per heavy atom. The van der Waals surface area contributed by atoms with E-state index in [0.29, 0.717) is 5.56 Å². The summed E-state index contributed by atoms with van der Waals surface area (Å²) in [6.45, 7) is 0. The van der Waals surface area contributed by atoms with E-state index in [0.717, 1.165) is 10.0 Å². The molecule has 0 amide bonds. The summed E-state index contributed by atoms with van der Waals surface area (Å²) in [5.74, 6) is -0.286. The molecule has 124 valence electrons. The molecular weight excluding hydrogens is 388 g/mol. The molecule has 2 aromatic carbocycles. The molecule has 0 saturated carbocycles. The molecule has 6 nitrogen and oxygen atoms in total. The van der Waals surface area contributed by atoms with Gasteiger partial charge in [0.15, 0.2) is 5.70 Å². The standard InChI is InChI=1S/C18H11BrN2O4/c19-15-6-2-1-5-14(15)17-20-16(18(22)25-17)7-3-4-12-8-10-13(11-9-12)21(23)24/h1-11H/b4-3+,16-7-. The van der Waals surface area contributed by atoms with Crippen molar-refractivity contribution in [1.82, 2.24) is 0 Å². The van der Waals surface area contributed by atoms with Crippen molar-refractivity contribution >= 4 is 39.6 Å². The highest BCUT2D eigenvalue weighted by atomic mass is 79.9. The van der Waals surface area contributed by atoms with Crippen LogP contribution >= 0.6 is 15.9 Å². The Labute approximate surface area is 151 Å². The van der Waals surface area contributed by atoms with Gasteiger partial charge in [-0.25, -0.2) is 9.79 Å². The number of nitro groups is 1. The van der Waals surface area contributed by atoms with Gasteiger partial charge in [0, 0.05) is 16.6 Å². The number of carbonyl (C=O) groups is 1. The van der Waals surface area contributed by atoms with Gasteiger partial charge in [-0.15, -0.1) is 0 Å². The number of benzene rings is 2. The van der Waals surface area contributed by atoms with Crippen molar-refractivity contribution in [1.29, 1.82) is 0 Å². The van der Waals surface area contributed by atoms with Crippen LogP contribution < -0.4 is 0 Å². The second-order valence-electron chi connectivity index (χ2n) is 5.05. The molecule has 3 rings (SSSR count). The maximum Gasteiger partial charge on any atom is 0.363 e. The SMILES string of the molecule is O=C1OC(c2ccccc2Br)=N/C1=C\C=C\c1ccc([N+](=O)[O-])cc1. The normalized spacial score (nSPS) is 15.5. The summed E-state index contributed by atoms with van der Waals surface area (Å²) in [6, 6.07) is 13.4. The van der Waals surface area contributed by atoms with Gasteiger partial charge in [-0.1, -0.05) is 24.3 Å². The predicted octanol–water partition coefficient (Wildman–Crippen LogP) is 4.26. The molecule has 0 atom stereocenters. The number of hydrogen-bond donors (Lipinski definition) is 0. The van der Waals surface area contributed by atoms with Crippen molar-refractivity contribution in [3.63, 3.8) is 0 Å². The Bertz CT molecular complexity index is 930. The summed E-state index contributed by atoms with van der Waals surface area (Å²) in [5, 5.41) is 10.6. The predicted molar refractivity (Wildman–Crippen MR) is 97.0 cm³/mol. The molecule has 1 heterocycles. The zero-order valence-electron chi connectivity index (χ0n) is 12.8. The average molecular weight is 399 g/mol. The molecule has 0 spiro atoms. The number of allylic oxidation sites excluding steroid dienone is 2. The highest BCUT2D eigenvalue weighted by molar-refractivity contribution is 9.10. The molecule has 0 radical (unpaired) electrons. The number of non-ortho nitro benzene ring substituents is 1. The van der Waals surface area contributed by atoms with Crippen LogP contribution in [0.5, 0.6) is 0 Å². The van der Waals surface area contributed by atoms with Crippen molar-refractivity contribution in [3.05, 3.63) is 92.1 Å². The Morgan fingerprint density at radius 2 is 1.84 bits per heavy atom. The molecule has 1 aliphatic rings. The van der Waals surface area contributed by atoms with Gasteiger partial charge < -0.3 is 4.74 Å². The van der Waals surface area contributed by atoms with Crippen LogP contribution in [0.2, 0.25) is 0 Å². The van der Waals surface area contributed by atoms with E-state index in [2.05, 4.69) is 20.9 Å². The third-order valence-corrected chi connectivity index (χ3v) is 4.06. The van der Waals surface area contributed by atoms with Crippen LogP contribution in [0.4, 0.5) is 5.69 Å². The summed E-state index contributed by atoms with van der Waals surface area (Å²) in [7, 11) is 0. The maximum absolute atomic E-state index is 11.9. The van der Waals surface area contributed by atoms with Crippen molar-refractivity contribution in [3.8, 4) is 0 Å². The molecular formula is C18H11BrN2O4. The van der Waals surface area contributed by atoms with Crippen LogP contribution in [-0.2, 0) is 9.53 Å². The summed E-state index contributed by atoms with van der Waals surface area (Å²) >= 11 is 3.39. The Morgan fingerprint density at radius 3 is 2.52 bits per heavy atom. The van der Waals surface area contributed by atoms with Crippen LogP contribution in [0.3, 0.4) is 0 Å². The van der Waals surface area contributed by atoms with Gasteiger partial charge >= 0.3 is 5.97 Å². The Hall–Kier alpha value is -3.06. The number of nitrogens with zero attached hydrogens (tertiary/aromatic N) is 2. The van der Waals surface area contributed by atoms with Gasteiger partial charge in [-0.3, -0.25) is 10.1 Å². The van der Waals surface area contributed by atoms with Gasteiger partial charge in [0.2, 0.25) is 5.90 Å². The number of aliphatic imine (C=N–C) groups is 1. The molecule has 0 aromatic heterocycles. The molecule has 0 saturated heterocycles. The molecule has 0 fully saturated rings. The van der Waals surface area contributed by atoms with Gasteiger partial charge in [0.25, 0.3) is 5.69 Å². The highest BCUT2D eigenvalue weighted by Crippen LogP contribution is 2.22. The van der Waals surface area contributed by atoms with Gasteiger partial charge in [0.05, 0.1) is 10.5 Å². The first kappa shape index (κ1) is 16.8. The molecule has 7 heteroatoms. The molecule has 0 bridgehead atoms. The number of ether oxygens (including phenoxy) is 1. The Kier molecular flexibility index (Phi) is 4.85. The monoisotopic (exact) mass is 398 g/mol. The molecule has 0 unspecified atom stereocenters. The molecule has 0 aliphatic carbocycles. The number of halogens is 1. The minimum atomic E-state index is -0.529. The van der Waals surface area contributed by atoms with E-state index < -0.39 is 10.9 Å². The van der Waals surface area contributed by atoms with E-state index >= 15 is 0 Å². The van der Waals surface area contributed by atoms with Crippen LogP contribution in [0, 0.1) is 10.1 Å². The number of esters is 1. The number of carbonyl (C=O) groups excluding carboxylic acids is 1. The highest BCUT2D eigenvalue weighted by Gasteiger charge is 2.24. The van der Waals surface area contributed by atoms with Gasteiger partial charge in [-0.2, -0.15) is 0 Å². The first-order valence-electron chi connectivity index (χ1n) is 7.23. The van der Waals surface area contributed by atoms with E-state index in [-0.39, 0.29) is 17.3 Å². The fourth-order valence-electron chi connectivity index (χ4n) is 2.13. The van der Waals surface area contributed by atoms with Crippen LogP contribution in [0.1, 0.15) is 11.1 Å². The third kappa shape index (κ3) is 3.89. The fourth-order valence-corrected chi connectivity index (χ4v) is 2.59. The Balaban J connectivity index is 1.78. The van der Waals surface area contributed by atoms with Crippen LogP contribution in [0.15, 0.2) is 75.8 Å². The van der Waals surface area contributed by atoms with Crippen molar-refractivity contribution < 1.29 is 14.5 Å².